The van der Waals surface area contributed by atoms with Gasteiger partial charge in [-0.05, 0) is 126 Å². The standard InChI is InChI=1S/C61H38N2/c1-2-17-39(18-3-1)63-57-31-15-11-25-49(57)52-37-40(34-36-58(52)63)62(59-32-16-27-51-44-20-5-4-19-42(44)43-21-6-7-26-50(43)60(51)59)41-33-35-48-47-24-10-14-30-55(47)61(56(48)38-41)53-28-12-8-22-45(53)46-23-9-13-29-54(46)61/h1-38H. The molecule has 0 N–H and O–H groups in total. The first-order chi connectivity index (χ1) is 31.3. The number of fused-ring (bicyclic) bond motifs is 19. The molecule has 1 aromatic heterocycles. The van der Waals surface area contributed by atoms with E-state index in [0.29, 0.717) is 0 Å². The minimum Gasteiger partial charge on any atom is -0.310 e. The molecule has 0 saturated heterocycles. The molecule has 63 heavy (non-hydrogen) atoms. The molecule has 0 radical (unpaired) electrons. The molecule has 0 fully saturated rings. The van der Waals surface area contributed by atoms with Gasteiger partial charge in [-0.2, -0.15) is 0 Å². The van der Waals surface area contributed by atoms with Crippen LogP contribution in [-0.4, -0.2) is 4.57 Å². The van der Waals surface area contributed by atoms with Gasteiger partial charge in [-0.15, -0.1) is 0 Å². The normalized spacial score (nSPS) is 13.2. The number of hydrogen-bond donors (Lipinski definition) is 0. The summed E-state index contributed by atoms with van der Waals surface area (Å²) >= 11 is 0. The zero-order valence-corrected chi connectivity index (χ0v) is 34.3. The first kappa shape index (κ1) is 34.5. The average Bonchev–Trinajstić information content (AvgIpc) is 3.96. The number of rotatable bonds is 4. The zero-order valence-electron chi connectivity index (χ0n) is 34.3. The Hall–Kier alpha value is -8.20. The van der Waals surface area contributed by atoms with E-state index in [9.17, 15) is 0 Å². The van der Waals surface area contributed by atoms with Gasteiger partial charge >= 0.3 is 0 Å². The van der Waals surface area contributed by atoms with E-state index in [-0.39, 0.29) is 0 Å². The number of para-hydroxylation sites is 2. The summed E-state index contributed by atoms with van der Waals surface area (Å²) in [6.07, 6.45) is 0. The molecule has 0 aliphatic heterocycles. The van der Waals surface area contributed by atoms with Crippen LogP contribution in [0.3, 0.4) is 0 Å². The maximum absolute atomic E-state index is 2.54. The Balaban J connectivity index is 1.10. The quantitative estimate of drug-likeness (QED) is 0.161. The van der Waals surface area contributed by atoms with E-state index < -0.39 is 5.41 Å². The van der Waals surface area contributed by atoms with Crippen molar-refractivity contribution >= 4 is 71.2 Å². The van der Waals surface area contributed by atoms with E-state index in [4.69, 9.17) is 0 Å². The highest BCUT2D eigenvalue weighted by Gasteiger charge is 2.51. The summed E-state index contributed by atoms with van der Waals surface area (Å²) in [5.74, 6) is 0. The fraction of sp³-hybridized carbons (Fsp3) is 0.0164. The van der Waals surface area contributed by atoms with Crippen LogP contribution in [0, 0.1) is 0 Å². The molecule has 1 heterocycles. The monoisotopic (exact) mass is 798 g/mol. The predicted molar refractivity (Wildman–Crippen MR) is 264 cm³/mol. The lowest BCUT2D eigenvalue weighted by Gasteiger charge is -2.32. The fourth-order valence-corrected chi connectivity index (χ4v) is 11.7. The lowest BCUT2D eigenvalue weighted by Crippen LogP contribution is -2.26. The highest BCUT2D eigenvalue weighted by molar-refractivity contribution is 6.29. The van der Waals surface area contributed by atoms with Crippen molar-refractivity contribution < 1.29 is 0 Å². The maximum Gasteiger partial charge on any atom is 0.0726 e. The third kappa shape index (κ3) is 4.57. The third-order valence-electron chi connectivity index (χ3n) is 14.2. The molecule has 14 rings (SSSR count). The lowest BCUT2D eigenvalue weighted by atomic mass is 9.70. The van der Waals surface area contributed by atoms with Crippen molar-refractivity contribution in [2.24, 2.45) is 0 Å². The lowest BCUT2D eigenvalue weighted by molar-refractivity contribution is 0.793. The fourth-order valence-electron chi connectivity index (χ4n) is 11.7. The molecule has 0 unspecified atom stereocenters. The van der Waals surface area contributed by atoms with Gasteiger partial charge in [0.15, 0.2) is 0 Å². The summed E-state index contributed by atoms with van der Waals surface area (Å²) in [6.45, 7) is 0. The van der Waals surface area contributed by atoms with E-state index in [1.165, 1.54) is 98.6 Å². The topological polar surface area (TPSA) is 8.17 Å². The number of nitrogens with zero attached hydrogens (tertiary/aromatic N) is 2. The van der Waals surface area contributed by atoms with Gasteiger partial charge in [0.1, 0.15) is 0 Å². The van der Waals surface area contributed by atoms with Gasteiger partial charge in [-0.25, -0.2) is 0 Å². The van der Waals surface area contributed by atoms with Crippen molar-refractivity contribution in [3.8, 4) is 27.9 Å². The first-order valence-electron chi connectivity index (χ1n) is 21.9. The van der Waals surface area contributed by atoms with Crippen molar-refractivity contribution in [2.45, 2.75) is 5.41 Å². The summed E-state index contributed by atoms with van der Waals surface area (Å²) in [4.78, 5) is 2.54. The summed E-state index contributed by atoms with van der Waals surface area (Å²) < 4.78 is 2.40. The van der Waals surface area contributed by atoms with Crippen LogP contribution in [0.2, 0.25) is 0 Å². The second-order valence-electron chi connectivity index (χ2n) is 17.1. The number of anilines is 3. The van der Waals surface area contributed by atoms with Crippen LogP contribution >= 0.6 is 0 Å². The Morgan fingerprint density at radius 3 is 1.41 bits per heavy atom. The van der Waals surface area contributed by atoms with Crippen molar-refractivity contribution in [3.63, 3.8) is 0 Å². The van der Waals surface area contributed by atoms with Crippen LogP contribution in [0.25, 0.3) is 82.1 Å². The van der Waals surface area contributed by atoms with Crippen LogP contribution in [0.1, 0.15) is 22.3 Å². The summed E-state index contributed by atoms with van der Waals surface area (Å²) in [7, 11) is 0. The van der Waals surface area contributed by atoms with Gasteiger partial charge in [-0.1, -0.05) is 176 Å². The molecule has 1 spiro atoms. The van der Waals surface area contributed by atoms with Crippen LogP contribution < -0.4 is 4.90 Å². The molecular weight excluding hydrogens is 761 g/mol. The maximum atomic E-state index is 2.54. The molecule has 2 heteroatoms. The van der Waals surface area contributed by atoms with Crippen LogP contribution in [-0.2, 0) is 5.41 Å². The van der Waals surface area contributed by atoms with Crippen molar-refractivity contribution in [3.05, 3.63) is 253 Å². The second kappa shape index (κ2) is 12.9. The molecule has 11 aromatic carbocycles. The number of aromatic nitrogens is 1. The average molecular weight is 799 g/mol. The Labute approximate surface area is 365 Å². The van der Waals surface area contributed by atoms with Crippen LogP contribution in [0.4, 0.5) is 17.1 Å². The molecule has 0 bridgehead atoms. The summed E-state index contributed by atoms with van der Waals surface area (Å²) in [6, 6.07) is 86.0. The van der Waals surface area contributed by atoms with Crippen molar-refractivity contribution in [1.82, 2.24) is 4.57 Å². The zero-order chi connectivity index (χ0) is 41.2. The third-order valence-corrected chi connectivity index (χ3v) is 14.2. The first-order valence-corrected chi connectivity index (χ1v) is 21.9. The van der Waals surface area contributed by atoms with Crippen molar-refractivity contribution in [1.29, 1.82) is 0 Å². The van der Waals surface area contributed by atoms with Gasteiger partial charge < -0.3 is 9.47 Å². The smallest absolute Gasteiger partial charge is 0.0726 e. The Bertz CT molecular complexity index is 3760. The Kier molecular flexibility index (Phi) is 7.07. The van der Waals surface area contributed by atoms with Gasteiger partial charge in [0.2, 0.25) is 0 Å². The number of hydrogen-bond acceptors (Lipinski definition) is 1. The van der Waals surface area contributed by atoms with Crippen LogP contribution in [0.15, 0.2) is 231 Å². The minimum absolute atomic E-state index is 0.463. The van der Waals surface area contributed by atoms with E-state index in [2.05, 4.69) is 240 Å². The van der Waals surface area contributed by atoms with Gasteiger partial charge in [0.25, 0.3) is 0 Å². The Morgan fingerprint density at radius 2 is 0.762 bits per heavy atom. The van der Waals surface area contributed by atoms with Gasteiger partial charge in [0.05, 0.1) is 22.1 Å². The largest absolute Gasteiger partial charge is 0.310 e. The molecule has 292 valence electrons. The minimum atomic E-state index is -0.463. The number of benzene rings is 11. The molecule has 0 saturated carbocycles. The highest BCUT2D eigenvalue weighted by atomic mass is 15.1. The van der Waals surface area contributed by atoms with E-state index in [1.807, 2.05) is 0 Å². The van der Waals surface area contributed by atoms with Gasteiger partial charge in [0, 0.05) is 33.2 Å². The highest BCUT2D eigenvalue weighted by Crippen LogP contribution is 2.63. The van der Waals surface area contributed by atoms with Crippen molar-refractivity contribution in [2.75, 3.05) is 4.90 Å². The molecule has 0 amide bonds. The SMILES string of the molecule is c1ccc(-n2c3ccccc3c3cc(N(c4ccc5c(c4)C4(c6ccccc6-c6ccccc64)c4ccccc4-5)c4cccc5c6ccccc6c6ccccc6c45)ccc32)cc1. The van der Waals surface area contributed by atoms with E-state index in [1.54, 1.807) is 0 Å². The molecular formula is C61H38N2. The Morgan fingerprint density at radius 1 is 0.302 bits per heavy atom. The second-order valence-corrected chi connectivity index (χ2v) is 17.1. The molecule has 0 atom stereocenters. The molecule has 2 aliphatic rings. The van der Waals surface area contributed by atoms with Crippen LogP contribution in [0.5, 0.6) is 0 Å². The molecule has 2 aliphatic carbocycles. The summed E-state index contributed by atoms with van der Waals surface area (Å²) in [5, 5.41) is 9.98. The molecule has 2 nitrogen and oxygen atoms in total. The predicted octanol–water partition coefficient (Wildman–Crippen LogP) is 16.1. The van der Waals surface area contributed by atoms with E-state index in [0.717, 1.165) is 22.7 Å². The van der Waals surface area contributed by atoms with E-state index >= 15 is 0 Å². The van der Waals surface area contributed by atoms with Gasteiger partial charge in [-0.3, -0.25) is 0 Å². The molecule has 12 aromatic rings. The summed E-state index contributed by atoms with van der Waals surface area (Å²) in [5.41, 5.74) is 17.0.